The van der Waals surface area contributed by atoms with Crippen molar-refractivity contribution in [3.05, 3.63) is 58.6 Å². The number of carbonyl (C=O) groups excluding carboxylic acids is 2. The van der Waals surface area contributed by atoms with Gasteiger partial charge < -0.3 is 15.0 Å². The van der Waals surface area contributed by atoms with Gasteiger partial charge in [0.2, 0.25) is 5.91 Å². The van der Waals surface area contributed by atoms with Gasteiger partial charge in [-0.1, -0.05) is 34.1 Å². The van der Waals surface area contributed by atoms with Crippen molar-refractivity contribution in [3.8, 4) is 5.75 Å². The number of nitrogens with zero attached hydrogens (tertiary/aromatic N) is 2. The summed E-state index contributed by atoms with van der Waals surface area (Å²) < 4.78 is 6.81. The van der Waals surface area contributed by atoms with Gasteiger partial charge in [-0.25, -0.2) is 9.69 Å². The second-order valence-electron chi connectivity index (χ2n) is 8.88. The van der Waals surface area contributed by atoms with E-state index < -0.39 is 0 Å². The molecule has 2 aromatic carbocycles. The number of hydrogen-bond acceptors (Lipinski definition) is 4. The minimum atomic E-state index is -0.319. The summed E-state index contributed by atoms with van der Waals surface area (Å²) in [4.78, 5) is 28.9. The first-order valence-corrected chi connectivity index (χ1v) is 12.6. The molecule has 4 rings (SSSR count). The van der Waals surface area contributed by atoms with Crippen molar-refractivity contribution in [1.29, 1.82) is 0 Å². The molecule has 2 aromatic rings. The number of imide groups is 1. The van der Waals surface area contributed by atoms with Crippen molar-refractivity contribution in [2.75, 3.05) is 31.1 Å². The summed E-state index contributed by atoms with van der Waals surface area (Å²) >= 11 is 3.69. The van der Waals surface area contributed by atoms with Crippen LogP contribution in [0.4, 0.5) is 10.5 Å². The molecule has 1 atom stereocenters. The average molecular weight is 514 g/mol. The molecule has 0 saturated carbocycles. The van der Waals surface area contributed by atoms with Gasteiger partial charge in [-0.15, -0.1) is 0 Å². The molecule has 1 N–H and O–H groups in total. The molecule has 0 radical (unpaired) electrons. The van der Waals surface area contributed by atoms with Crippen LogP contribution in [0.1, 0.15) is 38.2 Å². The van der Waals surface area contributed by atoms with E-state index in [0.29, 0.717) is 24.6 Å². The van der Waals surface area contributed by atoms with Gasteiger partial charge >= 0.3 is 6.03 Å². The smallest absolute Gasteiger partial charge is 0.328 e. The first kappa shape index (κ1) is 23.8. The molecular formula is C26H32BrN3O3. The molecule has 1 unspecified atom stereocenters. The summed E-state index contributed by atoms with van der Waals surface area (Å²) in [5.74, 6) is 1.46. The molecule has 0 spiro atoms. The number of amides is 3. The number of urea groups is 1. The SMILES string of the molecule is CCOc1ccc(Br)c(CC2CCN(CCC3CC(=O)N(c4ccccc4)C(=O)N3)CC2)c1. The second kappa shape index (κ2) is 11.2. The third-order valence-corrected chi connectivity index (χ3v) is 7.33. The molecule has 2 fully saturated rings. The number of halogens is 1. The summed E-state index contributed by atoms with van der Waals surface area (Å²) in [7, 11) is 0. The number of likely N-dealkylation sites (tertiary alicyclic amines) is 1. The lowest BCUT2D eigenvalue weighted by atomic mass is 9.90. The Bertz CT molecular complexity index is 943. The quantitative estimate of drug-likeness (QED) is 0.538. The molecule has 2 saturated heterocycles. The van der Waals surface area contributed by atoms with E-state index in [1.807, 2.05) is 31.2 Å². The Morgan fingerprint density at radius 1 is 1.09 bits per heavy atom. The summed E-state index contributed by atoms with van der Waals surface area (Å²) in [6.07, 6.45) is 4.51. The zero-order chi connectivity index (χ0) is 23.2. The van der Waals surface area contributed by atoms with E-state index in [1.54, 1.807) is 12.1 Å². The fourth-order valence-corrected chi connectivity index (χ4v) is 5.15. The van der Waals surface area contributed by atoms with E-state index in [0.717, 1.165) is 55.5 Å². The first-order valence-electron chi connectivity index (χ1n) is 11.9. The Morgan fingerprint density at radius 3 is 2.55 bits per heavy atom. The molecule has 3 amide bonds. The minimum Gasteiger partial charge on any atom is -0.494 e. The molecule has 2 aliphatic heterocycles. The van der Waals surface area contributed by atoms with Crippen molar-refractivity contribution in [2.24, 2.45) is 5.92 Å². The summed E-state index contributed by atoms with van der Waals surface area (Å²) in [6.45, 7) is 5.69. The van der Waals surface area contributed by atoms with Crippen molar-refractivity contribution < 1.29 is 14.3 Å². The lowest BCUT2D eigenvalue weighted by molar-refractivity contribution is -0.119. The van der Waals surface area contributed by atoms with Gasteiger partial charge in [0.15, 0.2) is 0 Å². The molecule has 0 aliphatic carbocycles. The maximum Gasteiger partial charge on any atom is 0.328 e. The fraction of sp³-hybridized carbons (Fsp3) is 0.462. The Balaban J connectivity index is 1.22. The summed E-state index contributed by atoms with van der Waals surface area (Å²) in [5.41, 5.74) is 1.93. The average Bonchev–Trinajstić information content (AvgIpc) is 2.81. The van der Waals surface area contributed by atoms with Gasteiger partial charge in [0, 0.05) is 23.5 Å². The van der Waals surface area contributed by atoms with Crippen molar-refractivity contribution in [2.45, 2.75) is 45.1 Å². The highest BCUT2D eigenvalue weighted by atomic mass is 79.9. The van der Waals surface area contributed by atoms with Gasteiger partial charge in [-0.3, -0.25) is 4.79 Å². The van der Waals surface area contributed by atoms with Gasteiger partial charge in [-0.05, 0) is 87.5 Å². The number of para-hydroxylation sites is 1. The monoisotopic (exact) mass is 513 g/mol. The lowest BCUT2D eigenvalue weighted by Crippen LogP contribution is -2.55. The number of anilines is 1. The Hall–Kier alpha value is -2.38. The van der Waals surface area contributed by atoms with E-state index in [4.69, 9.17) is 4.74 Å². The zero-order valence-corrected chi connectivity index (χ0v) is 20.7. The van der Waals surface area contributed by atoms with Crippen LogP contribution >= 0.6 is 15.9 Å². The largest absolute Gasteiger partial charge is 0.494 e. The first-order chi connectivity index (χ1) is 16.0. The maximum absolute atomic E-state index is 12.6. The van der Waals surface area contributed by atoms with E-state index in [2.05, 4.69) is 38.3 Å². The number of ether oxygens (including phenoxy) is 1. The highest BCUT2D eigenvalue weighted by molar-refractivity contribution is 9.10. The molecule has 2 heterocycles. The number of rotatable bonds is 8. The predicted molar refractivity (Wildman–Crippen MR) is 134 cm³/mol. The van der Waals surface area contributed by atoms with Crippen LogP contribution in [-0.4, -0.2) is 49.1 Å². The minimum absolute atomic E-state index is 0.0973. The fourth-order valence-electron chi connectivity index (χ4n) is 4.75. The van der Waals surface area contributed by atoms with Crippen LogP contribution in [0.3, 0.4) is 0 Å². The maximum atomic E-state index is 12.6. The van der Waals surface area contributed by atoms with Gasteiger partial charge in [0.05, 0.1) is 12.3 Å². The van der Waals surface area contributed by atoms with Crippen LogP contribution in [0, 0.1) is 5.92 Å². The standard InChI is InChI=1S/C26H32BrN3O3/c1-2-33-23-8-9-24(27)20(17-23)16-19-10-13-29(14-11-19)15-12-21-18-25(31)30(26(32)28-21)22-6-4-3-5-7-22/h3-9,17,19,21H,2,10-16,18H2,1H3,(H,28,32). The van der Waals surface area contributed by atoms with Crippen LogP contribution < -0.4 is 15.0 Å². The number of hydrogen-bond donors (Lipinski definition) is 1. The van der Waals surface area contributed by atoms with Crippen LogP contribution in [0.2, 0.25) is 0 Å². The molecule has 0 aromatic heterocycles. The van der Waals surface area contributed by atoms with Crippen molar-refractivity contribution >= 4 is 33.6 Å². The van der Waals surface area contributed by atoms with E-state index in [-0.39, 0.29) is 18.0 Å². The van der Waals surface area contributed by atoms with E-state index in [9.17, 15) is 9.59 Å². The molecule has 176 valence electrons. The highest BCUT2D eigenvalue weighted by Crippen LogP contribution is 2.29. The van der Waals surface area contributed by atoms with Gasteiger partial charge in [-0.2, -0.15) is 0 Å². The second-order valence-corrected chi connectivity index (χ2v) is 9.73. The van der Waals surface area contributed by atoms with Gasteiger partial charge in [0.25, 0.3) is 0 Å². The zero-order valence-electron chi connectivity index (χ0n) is 19.1. The molecule has 7 heteroatoms. The molecule has 6 nitrogen and oxygen atoms in total. The van der Waals surface area contributed by atoms with Crippen molar-refractivity contribution in [1.82, 2.24) is 10.2 Å². The Labute approximate surface area is 204 Å². The number of benzene rings is 2. The summed E-state index contributed by atoms with van der Waals surface area (Å²) in [5, 5.41) is 3.02. The third-order valence-electron chi connectivity index (χ3n) is 6.55. The topological polar surface area (TPSA) is 61.9 Å². The highest BCUT2D eigenvalue weighted by Gasteiger charge is 2.33. The normalized spacial score (nSPS) is 20.1. The van der Waals surface area contributed by atoms with Crippen molar-refractivity contribution in [3.63, 3.8) is 0 Å². The third kappa shape index (κ3) is 6.15. The molecule has 33 heavy (non-hydrogen) atoms. The van der Waals surface area contributed by atoms with Gasteiger partial charge in [0.1, 0.15) is 5.75 Å². The number of piperidine rings is 1. The van der Waals surface area contributed by atoms with E-state index >= 15 is 0 Å². The molecule has 0 bridgehead atoms. The number of nitrogens with one attached hydrogen (secondary N) is 1. The lowest BCUT2D eigenvalue weighted by Gasteiger charge is -2.35. The Morgan fingerprint density at radius 2 is 1.85 bits per heavy atom. The van der Waals surface area contributed by atoms with Crippen LogP contribution in [0.15, 0.2) is 53.0 Å². The predicted octanol–water partition coefficient (Wildman–Crippen LogP) is 5.01. The summed E-state index contributed by atoms with van der Waals surface area (Å²) in [6, 6.07) is 14.9. The molecule has 2 aliphatic rings. The van der Waals surface area contributed by atoms with Crippen LogP contribution in [0.5, 0.6) is 5.75 Å². The Kier molecular flexibility index (Phi) is 8.04. The molecular weight excluding hydrogens is 482 g/mol. The van der Waals surface area contributed by atoms with Crippen LogP contribution in [0.25, 0.3) is 0 Å². The van der Waals surface area contributed by atoms with E-state index in [1.165, 1.54) is 10.5 Å². The number of carbonyl (C=O) groups is 2. The van der Waals surface area contributed by atoms with Crippen LogP contribution in [-0.2, 0) is 11.2 Å².